The van der Waals surface area contributed by atoms with Gasteiger partial charge >= 0.3 is 0 Å². The zero-order valence-corrected chi connectivity index (χ0v) is 37.1. The van der Waals surface area contributed by atoms with Crippen molar-refractivity contribution in [1.29, 1.82) is 0 Å². The number of nitrogens with one attached hydrogen (secondary N) is 1. The summed E-state index contributed by atoms with van der Waals surface area (Å²) in [5.74, 6) is 0.511. The maximum atomic E-state index is 14.1. The predicted molar refractivity (Wildman–Crippen MR) is 229 cm³/mol. The summed E-state index contributed by atoms with van der Waals surface area (Å²) in [6.07, 6.45) is 9.97. The molecule has 1 saturated carbocycles. The quantitative estimate of drug-likeness (QED) is 0.307. The number of halogens is 1. The van der Waals surface area contributed by atoms with Gasteiger partial charge in [0.1, 0.15) is 11.3 Å². The SMILES string of the molecule is COCC[C@@H]1[C@@H](C)C/C=C/[C@](CN2CCN(C(COC)COC)CC2)(OC)[C@@H]2CC[C@H]2CN2C[C@@]3(CCCc4cc(Cl)ccc43)COc3ccc(nc32)C(=O)NS1(=O)=O. The minimum atomic E-state index is -4.13. The third-order valence-electron chi connectivity index (χ3n) is 13.9. The number of piperazine rings is 1. The van der Waals surface area contributed by atoms with Gasteiger partial charge in [-0.3, -0.25) is 14.6 Å². The van der Waals surface area contributed by atoms with E-state index in [4.69, 9.17) is 40.3 Å². The van der Waals surface area contributed by atoms with E-state index in [0.29, 0.717) is 57.4 Å². The van der Waals surface area contributed by atoms with Crippen LogP contribution in [0.25, 0.3) is 0 Å². The average Bonchev–Trinajstić information content (AvgIpc) is 3.35. The van der Waals surface area contributed by atoms with Crippen molar-refractivity contribution in [2.24, 2.45) is 17.8 Å². The van der Waals surface area contributed by atoms with Crippen LogP contribution in [0.2, 0.25) is 5.02 Å². The lowest BCUT2D eigenvalue weighted by Crippen LogP contribution is -2.60. The first-order chi connectivity index (χ1) is 28.4. The van der Waals surface area contributed by atoms with E-state index in [9.17, 15) is 13.2 Å². The van der Waals surface area contributed by atoms with Crippen molar-refractivity contribution < 1.29 is 36.9 Å². The Kier molecular flexibility index (Phi) is 14.3. The molecular formula is C44H64ClN5O8S. The Bertz CT molecular complexity index is 1910. The first-order valence-corrected chi connectivity index (χ1v) is 23.3. The van der Waals surface area contributed by atoms with E-state index in [1.54, 1.807) is 33.5 Å². The molecule has 0 unspecified atom stereocenters. The summed E-state index contributed by atoms with van der Waals surface area (Å²) in [7, 11) is 2.73. The standard InChI is InChI=1S/C44H64ClN5O8S/c1-31-8-6-18-44(57-5,29-48-19-21-49(22-20-48)35(26-55-3)27-56-4)37-12-10-33(37)25-50-28-43(17-7-9-32-24-34(45)11-13-36(32)43)30-58-39-15-14-38(46-41(39)50)42(51)47-59(52,53)40(31)16-23-54-2/h6,11,13-15,18,24,31,33,35,37,40H,7-10,12,16-17,19-23,25-30H2,1-5H3,(H,47,51)/b18-6+/t31-,33-,37+,40+,43-,44+/m0/s1. The lowest BCUT2D eigenvalue weighted by Gasteiger charge is -2.52. The Hall–Kier alpha value is -2.82. The molecule has 326 valence electrons. The van der Waals surface area contributed by atoms with Crippen molar-refractivity contribution in [1.82, 2.24) is 19.5 Å². The largest absolute Gasteiger partial charge is 0.489 e. The maximum Gasteiger partial charge on any atom is 0.283 e. The molecule has 5 aliphatic rings. The number of aryl methyl sites for hydroxylation is 1. The number of amides is 1. The smallest absolute Gasteiger partial charge is 0.283 e. The van der Waals surface area contributed by atoms with Crippen molar-refractivity contribution in [2.75, 3.05) is 106 Å². The van der Waals surface area contributed by atoms with E-state index in [0.717, 1.165) is 63.3 Å². The number of ether oxygens (including phenoxy) is 5. The first-order valence-electron chi connectivity index (χ1n) is 21.3. The molecule has 2 aliphatic carbocycles. The minimum Gasteiger partial charge on any atom is -0.489 e. The van der Waals surface area contributed by atoms with Gasteiger partial charge in [-0.1, -0.05) is 36.7 Å². The maximum absolute atomic E-state index is 14.1. The van der Waals surface area contributed by atoms with Gasteiger partial charge in [-0.2, -0.15) is 0 Å². The highest BCUT2D eigenvalue weighted by Crippen LogP contribution is 2.49. The van der Waals surface area contributed by atoms with Crippen LogP contribution >= 0.6 is 11.6 Å². The van der Waals surface area contributed by atoms with E-state index in [2.05, 4.69) is 43.7 Å². The molecule has 1 amide bonds. The number of hydrogen-bond donors (Lipinski definition) is 1. The number of anilines is 1. The second kappa shape index (κ2) is 19.1. The number of hydrogen-bond acceptors (Lipinski definition) is 12. The van der Waals surface area contributed by atoms with Crippen molar-refractivity contribution in [3.05, 3.63) is 64.3 Å². The lowest BCUT2D eigenvalue weighted by atomic mass is 9.63. The molecule has 2 bridgehead atoms. The Balaban J connectivity index is 1.27. The van der Waals surface area contributed by atoms with Gasteiger partial charge in [0.15, 0.2) is 11.6 Å². The Morgan fingerprint density at radius 3 is 2.51 bits per heavy atom. The van der Waals surface area contributed by atoms with Crippen LogP contribution in [0.15, 0.2) is 42.5 Å². The van der Waals surface area contributed by atoms with Gasteiger partial charge in [0, 0.05) is 91.3 Å². The molecule has 4 heterocycles. The molecule has 2 fully saturated rings. The highest BCUT2D eigenvalue weighted by molar-refractivity contribution is 7.90. The number of rotatable bonds is 11. The zero-order chi connectivity index (χ0) is 41.8. The number of aromatic nitrogens is 1. The number of nitrogens with zero attached hydrogens (tertiary/aromatic N) is 4. The van der Waals surface area contributed by atoms with Gasteiger partial charge in [0.2, 0.25) is 10.0 Å². The summed E-state index contributed by atoms with van der Waals surface area (Å²) in [4.78, 5) is 26.1. The molecule has 15 heteroatoms. The molecule has 2 aromatic rings. The van der Waals surface area contributed by atoms with Crippen LogP contribution < -0.4 is 14.4 Å². The minimum absolute atomic E-state index is 0.0339. The average molecular weight is 859 g/mol. The highest BCUT2D eigenvalue weighted by Gasteiger charge is 2.50. The molecule has 3 aliphatic heterocycles. The molecule has 1 saturated heterocycles. The number of benzene rings is 1. The highest BCUT2D eigenvalue weighted by atomic mass is 35.5. The van der Waals surface area contributed by atoms with Crippen molar-refractivity contribution in [2.45, 2.75) is 74.2 Å². The van der Waals surface area contributed by atoms with Crippen molar-refractivity contribution in [3.63, 3.8) is 0 Å². The molecular weight excluding hydrogens is 794 g/mol. The van der Waals surface area contributed by atoms with Gasteiger partial charge < -0.3 is 28.6 Å². The van der Waals surface area contributed by atoms with Crippen LogP contribution in [0.4, 0.5) is 5.82 Å². The number of allylic oxidation sites excluding steroid dienone is 1. The van der Waals surface area contributed by atoms with Crippen molar-refractivity contribution >= 4 is 33.3 Å². The molecule has 7 rings (SSSR count). The zero-order valence-electron chi connectivity index (χ0n) is 35.5. The fourth-order valence-corrected chi connectivity index (χ4v) is 12.4. The fourth-order valence-electron chi connectivity index (χ4n) is 10.5. The van der Waals surface area contributed by atoms with Crippen LogP contribution in [0.1, 0.15) is 67.1 Å². The van der Waals surface area contributed by atoms with E-state index < -0.39 is 26.8 Å². The summed E-state index contributed by atoms with van der Waals surface area (Å²) < 4.78 is 60.4. The van der Waals surface area contributed by atoms with Crippen molar-refractivity contribution in [3.8, 4) is 5.75 Å². The lowest BCUT2D eigenvalue weighted by molar-refractivity contribution is -0.0979. The summed E-state index contributed by atoms with van der Waals surface area (Å²) >= 11 is 6.53. The van der Waals surface area contributed by atoms with Crippen LogP contribution in [0, 0.1) is 17.8 Å². The predicted octanol–water partition coefficient (Wildman–Crippen LogP) is 4.96. The van der Waals surface area contributed by atoms with E-state index in [1.165, 1.54) is 11.1 Å². The van der Waals surface area contributed by atoms with Gasteiger partial charge in [0.05, 0.1) is 31.1 Å². The molecule has 13 nitrogen and oxygen atoms in total. The molecule has 1 spiro atoms. The van der Waals surface area contributed by atoms with Crippen LogP contribution in [0.5, 0.6) is 5.75 Å². The van der Waals surface area contributed by atoms with Gasteiger partial charge in [-0.15, -0.1) is 0 Å². The van der Waals surface area contributed by atoms with Crippen LogP contribution in [-0.4, -0.2) is 147 Å². The normalized spacial score (nSPS) is 30.8. The molecule has 0 radical (unpaired) electrons. The summed E-state index contributed by atoms with van der Waals surface area (Å²) in [5, 5.41) is -0.153. The van der Waals surface area contributed by atoms with Gasteiger partial charge in [-0.25, -0.2) is 18.1 Å². The number of carbonyl (C=O) groups is 1. The topological polar surface area (TPSA) is 132 Å². The summed E-state index contributed by atoms with van der Waals surface area (Å²) in [6, 6.07) is 9.76. The van der Waals surface area contributed by atoms with E-state index >= 15 is 0 Å². The molecule has 59 heavy (non-hydrogen) atoms. The molecule has 1 N–H and O–H groups in total. The van der Waals surface area contributed by atoms with E-state index in [-0.39, 0.29) is 47.9 Å². The Morgan fingerprint density at radius 2 is 1.81 bits per heavy atom. The van der Waals surface area contributed by atoms with Crippen LogP contribution in [0.3, 0.4) is 0 Å². The second-order valence-corrected chi connectivity index (χ2v) is 19.8. The third-order valence-corrected chi connectivity index (χ3v) is 16.1. The molecule has 1 aromatic heterocycles. The summed E-state index contributed by atoms with van der Waals surface area (Å²) in [5.41, 5.74) is 1.55. The summed E-state index contributed by atoms with van der Waals surface area (Å²) in [6.45, 7) is 9.42. The molecule has 6 atom stereocenters. The number of fused-ring (bicyclic) bond motifs is 4. The Morgan fingerprint density at radius 1 is 1.03 bits per heavy atom. The molecule has 1 aromatic carbocycles. The van der Waals surface area contributed by atoms with Gasteiger partial charge in [0.25, 0.3) is 5.91 Å². The number of pyridine rings is 1. The number of sulfonamides is 1. The Labute approximate surface area is 356 Å². The number of carbonyl (C=O) groups excluding carboxylic acids is 1. The third kappa shape index (κ3) is 9.50. The second-order valence-electron chi connectivity index (χ2n) is 17.5. The van der Waals surface area contributed by atoms with Crippen LogP contribution in [-0.2, 0) is 40.8 Å². The first kappa shape index (κ1) is 44.2. The van der Waals surface area contributed by atoms with Gasteiger partial charge in [-0.05, 0) is 98.1 Å². The van der Waals surface area contributed by atoms with E-state index in [1.807, 2.05) is 20.1 Å². The number of methoxy groups -OCH3 is 4. The fraction of sp³-hybridized carbons (Fsp3) is 0.682. The monoisotopic (exact) mass is 857 g/mol.